The Kier molecular flexibility index (Phi) is 5.36. The van der Waals surface area contributed by atoms with Crippen LogP contribution in [0, 0.1) is 0 Å². The van der Waals surface area contributed by atoms with Gasteiger partial charge in [-0.15, -0.1) is 0 Å². The zero-order valence-electron chi connectivity index (χ0n) is 13.3. The topological polar surface area (TPSA) is 64.6 Å². The summed E-state index contributed by atoms with van der Waals surface area (Å²) in [4.78, 5) is 23.6. The molecule has 1 unspecified atom stereocenters. The van der Waals surface area contributed by atoms with E-state index < -0.39 is 6.10 Å². The molecule has 0 spiro atoms. The van der Waals surface area contributed by atoms with Crippen LogP contribution in [-0.2, 0) is 4.79 Å². The van der Waals surface area contributed by atoms with E-state index in [2.05, 4.69) is 5.32 Å². The number of carbonyl (C=O) groups is 2. The van der Waals surface area contributed by atoms with Gasteiger partial charge in [-0.3, -0.25) is 9.59 Å². The molecule has 5 nitrogen and oxygen atoms in total. The van der Waals surface area contributed by atoms with Crippen molar-refractivity contribution in [2.75, 3.05) is 12.4 Å². The van der Waals surface area contributed by atoms with Crippen molar-refractivity contribution in [3.63, 3.8) is 0 Å². The Morgan fingerprint density at radius 3 is 2.43 bits per heavy atom. The number of amides is 1. The highest BCUT2D eigenvalue weighted by Gasteiger charge is 2.15. The second kappa shape index (κ2) is 7.45. The lowest BCUT2D eigenvalue weighted by Crippen LogP contribution is -2.30. The van der Waals surface area contributed by atoms with Gasteiger partial charge in [0.2, 0.25) is 0 Å². The van der Waals surface area contributed by atoms with E-state index in [4.69, 9.17) is 9.47 Å². The third-order valence-corrected chi connectivity index (χ3v) is 3.26. The van der Waals surface area contributed by atoms with E-state index in [9.17, 15) is 9.59 Å². The molecule has 0 aliphatic rings. The third-order valence-electron chi connectivity index (χ3n) is 3.26. The summed E-state index contributed by atoms with van der Waals surface area (Å²) < 4.78 is 10.7. The van der Waals surface area contributed by atoms with Crippen LogP contribution >= 0.6 is 0 Å². The molecule has 2 aromatic rings. The van der Waals surface area contributed by atoms with Crippen LogP contribution in [0.25, 0.3) is 0 Å². The molecule has 0 bridgehead atoms. The molecule has 0 radical (unpaired) electrons. The summed E-state index contributed by atoms with van der Waals surface area (Å²) in [6.45, 7) is 3.14. The zero-order valence-corrected chi connectivity index (χ0v) is 13.3. The number of Topliss-reactive ketones (excluding diaryl/α,β-unsaturated/α-hetero) is 1. The molecule has 5 heteroatoms. The van der Waals surface area contributed by atoms with Gasteiger partial charge in [0, 0.05) is 17.3 Å². The van der Waals surface area contributed by atoms with E-state index in [-0.39, 0.29) is 11.7 Å². The van der Waals surface area contributed by atoms with E-state index in [0.29, 0.717) is 22.7 Å². The Morgan fingerprint density at radius 1 is 1.04 bits per heavy atom. The van der Waals surface area contributed by atoms with Gasteiger partial charge in [-0.05, 0) is 38.1 Å². The van der Waals surface area contributed by atoms with Crippen LogP contribution in [0.1, 0.15) is 24.2 Å². The standard InChI is InChI=1S/C18H19NO4/c1-12(20)14-6-4-7-15(10-14)19-18(21)13(2)23-17-9-5-8-16(11-17)22-3/h4-11,13H,1-3H3,(H,19,21). The van der Waals surface area contributed by atoms with E-state index in [1.165, 1.54) is 6.92 Å². The first-order valence-electron chi connectivity index (χ1n) is 7.22. The molecule has 0 aromatic heterocycles. The lowest BCUT2D eigenvalue weighted by molar-refractivity contribution is -0.122. The number of nitrogens with one attached hydrogen (secondary N) is 1. The minimum atomic E-state index is -0.692. The molecule has 0 fully saturated rings. The smallest absolute Gasteiger partial charge is 0.265 e. The number of carbonyl (C=O) groups excluding carboxylic acids is 2. The van der Waals surface area contributed by atoms with E-state index >= 15 is 0 Å². The van der Waals surface area contributed by atoms with Gasteiger partial charge in [0.05, 0.1) is 7.11 Å². The van der Waals surface area contributed by atoms with Crippen molar-refractivity contribution in [1.82, 2.24) is 0 Å². The first-order valence-corrected chi connectivity index (χ1v) is 7.22. The fourth-order valence-electron chi connectivity index (χ4n) is 1.99. The third kappa shape index (κ3) is 4.57. The minimum Gasteiger partial charge on any atom is -0.497 e. The SMILES string of the molecule is COc1cccc(OC(C)C(=O)Nc2cccc(C(C)=O)c2)c1. The summed E-state index contributed by atoms with van der Waals surface area (Å²) in [5, 5.41) is 2.74. The normalized spacial score (nSPS) is 11.4. The fourth-order valence-corrected chi connectivity index (χ4v) is 1.99. The average Bonchev–Trinajstić information content (AvgIpc) is 2.55. The molecule has 0 saturated heterocycles. The van der Waals surface area contributed by atoms with Gasteiger partial charge < -0.3 is 14.8 Å². The van der Waals surface area contributed by atoms with Crippen molar-refractivity contribution in [2.24, 2.45) is 0 Å². The first kappa shape index (κ1) is 16.5. The molecule has 1 amide bonds. The monoisotopic (exact) mass is 313 g/mol. The summed E-state index contributed by atoms with van der Waals surface area (Å²) in [6.07, 6.45) is -0.692. The number of hydrogen-bond donors (Lipinski definition) is 1. The molecular weight excluding hydrogens is 294 g/mol. The van der Waals surface area contributed by atoms with Gasteiger partial charge in [0.1, 0.15) is 11.5 Å². The number of benzene rings is 2. The van der Waals surface area contributed by atoms with E-state index in [1.54, 1.807) is 62.6 Å². The summed E-state index contributed by atoms with van der Waals surface area (Å²) >= 11 is 0. The van der Waals surface area contributed by atoms with Gasteiger partial charge in [-0.1, -0.05) is 18.2 Å². The van der Waals surface area contributed by atoms with Crippen LogP contribution in [0.15, 0.2) is 48.5 Å². The molecule has 1 N–H and O–H groups in total. The lowest BCUT2D eigenvalue weighted by Gasteiger charge is -2.15. The van der Waals surface area contributed by atoms with Crippen LogP contribution in [-0.4, -0.2) is 24.9 Å². The molecular formula is C18H19NO4. The summed E-state index contributed by atoms with van der Waals surface area (Å²) in [5.41, 5.74) is 1.10. The largest absolute Gasteiger partial charge is 0.497 e. The maximum absolute atomic E-state index is 12.2. The van der Waals surface area contributed by atoms with Crippen molar-refractivity contribution in [3.8, 4) is 11.5 Å². The highest BCUT2D eigenvalue weighted by Crippen LogP contribution is 2.20. The molecule has 1 atom stereocenters. The van der Waals surface area contributed by atoms with Crippen molar-refractivity contribution < 1.29 is 19.1 Å². The minimum absolute atomic E-state index is 0.0539. The summed E-state index contributed by atoms with van der Waals surface area (Å²) in [6, 6.07) is 13.8. The van der Waals surface area contributed by atoms with Gasteiger partial charge in [0.15, 0.2) is 11.9 Å². The van der Waals surface area contributed by atoms with Gasteiger partial charge in [-0.25, -0.2) is 0 Å². The Bertz CT molecular complexity index is 712. The Hall–Kier alpha value is -2.82. The molecule has 0 saturated carbocycles. The first-order chi connectivity index (χ1) is 11.0. The maximum Gasteiger partial charge on any atom is 0.265 e. The van der Waals surface area contributed by atoms with Crippen molar-refractivity contribution >= 4 is 17.4 Å². The van der Waals surface area contributed by atoms with Crippen molar-refractivity contribution in [1.29, 1.82) is 0 Å². The number of anilines is 1. The number of hydrogen-bond acceptors (Lipinski definition) is 4. The Balaban J connectivity index is 2.02. The molecule has 23 heavy (non-hydrogen) atoms. The van der Waals surface area contributed by atoms with Crippen LogP contribution in [0.5, 0.6) is 11.5 Å². The number of ketones is 1. The summed E-state index contributed by atoms with van der Waals surface area (Å²) in [7, 11) is 1.57. The highest BCUT2D eigenvalue weighted by molar-refractivity contribution is 5.98. The van der Waals surface area contributed by atoms with Crippen LogP contribution < -0.4 is 14.8 Å². The average molecular weight is 313 g/mol. The van der Waals surface area contributed by atoms with Crippen LogP contribution in [0.3, 0.4) is 0 Å². The molecule has 0 heterocycles. The number of ether oxygens (including phenoxy) is 2. The Labute approximate surface area is 135 Å². The molecule has 0 aliphatic heterocycles. The van der Waals surface area contributed by atoms with E-state index in [0.717, 1.165) is 0 Å². The fraction of sp³-hybridized carbons (Fsp3) is 0.222. The van der Waals surface area contributed by atoms with Gasteiger partial charge >= 0.3 is 0 Å². The molecule has 2 aromatic carbocycles. The predicted octanol–water partition coefficient (Wildman–Crippen LogP) is 3.30. The van der Waals surface area contributed by atoms with Crippen LogP contribution in [0.4, 0.5) is 5.69 Å². The molecule has 2 rings (SSSR count). The van der Waals surface area contributed by atoms with Gasteiger partial charge in [0.25, 0.3) is 5.91 Å². The molecule has 0 aliphatic carbocycles. The predicted molar refractivity (Wildman–Crippen MR) is 88.2 cm³/mol. The molecule has 120 valence electrons. The van der Waals surface area contributed by atoms with Crippen LogP contribution in [0.2, 0.25) is 0 Å². The second-order valence-electron chi connectivity index (χ2n) is 5.07. The van der Waals surface area contributed by atoms with Crippen molar-refractivity contribution in [3.05, 3.63) is 54.1 Å². The lowest BCUT2D eigenvalue weighted by atomic mass is 10.1. The maximum atomic E-state index is 12.2. The van der Waals surface area contributed by atoms with E-state index in [1.807, 2.05) is 0 Å². The van der Waals surface area contributed by atoms with Crippen molar-refractivity contribution in [2.45, 2.75) is 20.0 Å². The zero-order chi connectivity index (χ0) is 16.8. The van der Waals surface area contributed by atoms with Gasteiger partial charge in [-0.2, -0.15) is 0 Å². The quantitative estimate of drug-likeness (QED) is 0.831. The second-order valence-corrected chi connectivity index (χ2v) is 5.07. The Morgan fingerprint density at radius 2 is 1.74 bits per heavy atom. The highest BCUT2D eigenvalue weighted by atomic mass is 16.5. The summed E-state index contributed by atoms with van der Waals surface area (Å²) in [5.74, 6) is 0.851. The number of methoxy groups -OCH3 is 1. The number of rotatable bonds is 6.